The minimum absolute atomic E-state index is 0.0777. The molecule has 2 N–H and O–H groups in total. The van der Waals surface area contributed by atoms with Crippen LogP contribution in [0.25, 0.3) is 0 Å². The zero-order chi connectivity index (χ0) is 14.3. The Morgan fingerprint density at radius 3 is 2.26 bits per heavy atom. The highest BCUT2D eigenvalue weighted by molar-refractivity contribution is 5.12. The van der Waals surface area contributed by atoms with Gasteiger partial charge in [0.15, 0.2) is 0 Å². The molecule has 2 saturated carbocycles. The summed E-state index contributed by atoms with van der Waals surface area (Å²) < 4.78 is 0. The van der Waals surface area contributed by atoms with Crippen molar-refractivity contribution in [3.63, 3.8) is 0 Å². The fourth-order valence-electron chi connectivity index (χ4n) is 4.91. The second-order valence-corrected chi connectivity index (χ2v) is 8.09. The number of aliphatic hydroxyl groups excluding tert-OH is 1. The Morgan fingerprint density at radius 1 is 1.21 bits per heavy atom. The Labute approximate surface area is 119 Å². The zero-order valence-corrected chi connectivity index (χ0v) is 13.6. The third kappa shape index (κ3) is 2.35. The first kappa shape index (κ1) is 15.3. The second kappa shape index (κ2) is 5.04. The van der Waals surface area contributed by atoms with Crippen molar-refractivity contribution in [2.75, 3.05) is 13.2 Å². The molecule has 0 aromatic heterocycles. The summed E-state index contributed by atoms with van der Waals surface area (Å²) in [5.41, 5.74) is 0.973. The van der Waals surface area contributed by atoms with E-state index < -0.39 is 0 Å². The molecule has 2 fully saturated rings. The Morgan fingerprint density at radius 2 is 1.84 bits per heavy atom. The summed E-state index contributed by atoms with van der Waals surface area (Å²) in [4.78, 5) is 0. The van der Waals surface area contributed by atoms with Crippen LogP contribution in [0.1, 0.15) is 66.7 Å². The number of hydrogen-bond acceptors (Lipinski definition) is 2. The predicted molar refractivity (Wildman–Crippen MR) is 81.1 cm³/mol. The van der Waals surface area contributed by atoms with E-state index >= 15 is 0 Å². The van der Waals surface area contributed by atoms with Crippen LogP contribution in [-0.4, -0.2) is 24.3 Å². The summed E-state index contributed by atoms with van der Waals surface area (Å²) in [7, 11) is 0. The van der Waals surface area contributed by atoms with Gasteiger partial charge in [-0.2, -0.15) is 0 Å². The predicted octanol–water partition coefficient (Wildman–Crippen LogP) is 3.59. The SMILES string of the molecule is CCC(CC)(CO)CNC1C2(C)CCC(C2)C1(C)C. The highest BCUT2D eigenvalue weighted by Crippen LogP contribution is 2.62. The average molecular weight is 267 g/mol. The summed E-state index contributed by atoms with van der Waals surface area (Å²) in [6, 6.07) is 0.614. The molecule has 2 rings (SSSR count). The normalized spacial score (nSPS) is 36.9. The minimum atomic E-state index is 0.0777. The smallest absolute Gasteiger partial charge is 0.0499 e. The van der Waals surface area contributed by atoms with E-state index in [1.807, 2.05) is 0 Å². The molecule has 0 radical (unpaired) electrons. The van der Waals surface area contributed by atoms with Crippen molar-refractivity contribution >= 4 is 0 Å². The fourth-order valence-corrected chi connectivity index (χ4v) is 4.91. The van der Waals surface area contributed by atoms with Crippen molar-refractivity contribution in [2.45, 2.75) is 72.8 Å². The lowest BCUT2D eigenvalue weighted by molar-refractivity contribution is 0.0670. The number of rotatable bonds is 6. The first-order valence-electron chi connectivity index (χ1n) is 8.18. The molecule has 0 saturated heterocycles. The molecule has 2 aliphatic rings. The maximum Gasteiger partial charge on any atom is 0.0499 e. The van der Waals surface area contributed by atoms with E-state index in [4.69, 9.17) is 0 Å². The standard InChI is InChI=1S/C17H33NO/c1-6-17(7-2,12-19)11-18-14-15(3,4)13-8-9-16(14,5)10-13/h13-14,18-19H,6-12H2,1-5H3. The Bertz CT molecular complexity index is 308. The van der Waals surface area contributed by atoms with E-state index in [2.05, 4.69) is 39.9 Å². The molecule has 2 nitrogen and oxygen atoms in total. The number of nitrogens with one attached hydrogen (secondary N) is 1. The van der Waals surface area contributed by atoms with Gasteiger partial charge >= 0.3 is 0 Å². The van der Waals surface area contributed by atoms with Crippen LogP contribution in [0.4, 0.5) is 0 Å². The Kier molecular flexibility index (Phi) is 4.06. The molecular formula is C17H33NO. The lowest BCUT2D eigenvalue weighted by Gasteiger charge is -2.45. The van der Waals surface area contributed by atoms with Gasteiger partial charge in [-0.15, -0.1) is 0 Å². The summed E-state index contributed by atoms with van der Waals surface area (Å²) in [6.07, 6.45) is 6.29. The molecule has 2 bridgehead atoms. The average Bonchev–Trinajstić information content (AvgIpc) is 2.86. The molecule has 3 atom stereocenters. The first-order chi connectivity index (χ1) is 8.83. The molecule has 2 heteroatoms. The van der Waals surface area contributed by atoms with Crippen LogP contribution < -0.4 is 5.32 Å². The lowest BCUT2D eigenvalue weighted by atomic mass is 9.68. The van der Waals surface area contributed by atoms with E-state index in [1.54, 1.807) is 0 Å². The van der Waals surface area contributed by atoms with Crippen LogP contribution in [0.15, 0.2) is 0 Å². The van der Waals surface area contributed by atoms with Gasteiger partial charge in [-0.25, -0.2) is 0 Å². The molecular weight excluding hydrogens is 234 g/mol. The van der Waals surface area contributed by atoms with Gasteiger partial charge in [-0.3, -0.25) is 0 Å². The van der Waals surface area contributed by atoms with E-state index in [-0.39, 0.29) is 5.41 Å². The van der Waals surface area contributed by atoms with Crippen molar-refractivity contribution < 1.29 is 5.11 Å². The van der Waals surface area contributed by atoms with Crippen LogP contribution in [0.5, 0.6) is 0 Å². The summed E-state index contributed by atoms with van der Waals surface area (Å²) in [5.74, 6) is 0.891. The maximum absolute atomic E-state index is 9.74. The monoisotopic (exact) mass is 267 g/mol. The number of aliphatic hydroxyl groups is 1. The van der Waals surface area contributed by atoms with Gasteiger partial charge in [0.1, 0.15) is 0 Å². The molecule has 0 aromatic carbocycles. The van der Waals surface area contributed by atoms with Crippen molar-refractivity contribution in [1.29, 1.82) is 0 Å². The van der Waals surface area contributed by atoms with Crippen LogP contribution in [0, 0.1) is 22.2 Å². The lowest BCUT2D eigenvalue weighted by Crippen LogP contribution is -2.53. The summed E-state index contributed by atoms with van der Waals surface area (Å²) in [5, 5.41) is 13.6. The summed E-state index contributed by atoms with van der Waals surface area (Å²) in [6.45, 7) is 13.0. The maximum atomic E-state index is 9.74. The van der Waals surface area contributed by atoms with E-state index in [0.29, 0.717) is 23.5 Å². The molecule has 3 unspecified atom stereocenters. The summed E-state index contributed by atoms with van der Waals surface area (Å²) >= 11 is 0. The van der Waals surface area contributed by atoms with E-state index in [0.717, 1.165) is 25.3 Å². The van der Waals surface area contributed by atoms with Gasteiger partial charge in [0, 0.05) is 24.6 Å². The van der Waals surface area contributed by atoms with E-state index in [1.165, 1.54) is 19.3 Å². The van der Waals surface area contributed by atoms with E-state index in [9.17, 15) is 5.11 Å². The third-order valence-electron chi connectivity index (χ3n) is 6.79. The number of hydrogen-bond donors (Lipinski definition) is 2. The zero-order valence-electron chi connectivity index (χ0n) is 13.6. The highest BCUT2D eigenvalue weighted by Gasteiger charge is 2.59. The number of fused-ring (bicyclic) bond motifs is 2. The Hall–Kier alpha value is -0.0800. The van der Waals surface area contributed by atoms with Gasteiger partial charge in [0.25, 0.3) is 0 Å². The van der Waals surface area contributed by atoms with Gasteiger partial charge in [-0.05, 0) is 48.9 Å². The third-order valence-corrected chi connectivity index (χ3v) is 6.79. The molecule has 0 amide bonds. The topological polar surface area (TPSA) is 32.3 Å². The minimum Gasteiger partial charge on any atom is -0.396 e. The molecule has 0 heterocycles. The molecule has 112 valence electrons. The van der Waals surface area contributed by atoms with Crippen molar-refractivity contribution in [3.8, 4) is 0 Å². The first-order valence-corrected chi connectivity index (χ1v) is 8.18. The van der Waals surface area contributed by atoms with Gasteiger partial charge in [-0.1, -0.05) is 34.6 Å². The van der Waals surface area contributed by atoms with Crippen LogP contribution in [0.2, 0.25) is 0 Å². The quantitative estimate of drug-likeness (QED) is 0.771. The van der Waals surface area contributed by atoms with Crippen molar-refractivity contribution in [3.05, 3.63) is 0 Å². The van der Waals surface area contributed by atoms with Crippen LogP contribution >= 0.6 is 0 Å². The van der Waals surface area contributed by atoms with Gasteiger partial charge < -0.3 is 10.4 Å². The van der Waals surface area contributed by atoms with Crippen LogP contribution in [0.3, 0.4) is 0 Å². The largest absolute Gasteiger partial charge is 0.396 e. The Balaban J connectivity index is 2.07. The van der Waals surface area contributed by atoms with Gasteiger partial charge in [0.05, 0.1) is 0 Å². The molecule has 19 heavy (non-hydrogen) atoms. The molecule has 0 aromatic rings. The van der Waals surface area contributed by atoms with Gasteiger partial charge in [0.2, 0.25) is 0 Å². The second-order valence-electron chi connectivity index (χ2n) is 8.09. The van der Waals surface area contributed by atoms with Crippen LogP contribution in [-0.2, 0) is 0 Å². The molecule has 0 spiro atoms. The molecule has 2 aliphatic carbocycles. The van der Waals surface area contributed by atoms with Crippen molar-refractivity contribution in [1.82, 2.24) is 5.32 Å². The van der Waals surface area contributed by atoms with Crippen molar-refractivity contribution in [2.24, 2.45) is 22.2 Å². The highest BCUT2D eigenvalue weighted by atomic mass is 16.3. The fraction of sp³-hybridized carbons (Fsp3) is 1.00. The molecule has 0 aliphatic heterocycles.